The van der Waals surface area contributed by atoms with Crippen LogP contribution in [0, 0.1) is 11.3 Å². The van der Waals surface area contributed by atoms with Crippen molar-refractivity contribution in [3.8, 4) is 6.07 Å². The van der Waals surface area contributed by atoms with Crippen LogP contribution in [-0.4, -0.2) is 18.7 Å². The van der Waals surface area contributed by atoms with Crippen LogP contribution in [0.2, 0.25) is 0 Å². The Hall–Kier alpha value is -1.37. The van der Waals surface area contributed by atoms with Crippen molar-refractivity contribution < 1.29 is 4.74 Å². The van der Waals surface area contributed by atoms with Crippen molar-refractivity contribution in [2.45, 2.75) is 39.0 Å². The van der Waals surface area contributed by atoms with Gasteiger partial charge in [0.15, 0.2) is 0 Å². The van der Waals surface area contributed by atoms with Crippen LogP contribution in [-0.2, 0) is 11.3 Å². The van der Waals surface area contributed by atoms with Crippen LogP contribution in [0.5, 0.6) is 0 Å². The molecule has 0 saturated carbocycles. The molecular formula is C14H20N2O. The molecule has 0 spiro atoms. The second-order valence-corrected chi connectivity index (χ2v) is 4.25. The van der Waals surface area contributed by atoms with Crippen LogP contribution in [0.15, 0.2) is 30.3 Å². The Morgan fingerprint density at radius 2 is 2.00 bits per heavy atom. The summed E-state index contributed by atoms with van der Waals surface area (Å²) in [4.78, 5) is 0. The molecule has 0 bridgehead atoms. The average molecular weight is 232 g/mol. The molecule has 0 amide bonds. The number of benzene rings is 1. The highest BCUT2D eigenvalue weighted by Crippen LogP contribution is 2.02. The molecule has 0 saturated heterocycles. The topological polar surface area (TPSA) is 45.0 Å². The van der Waals surface area contributed by atoms with Gasteiger partial charge in [0.25, 0.3) is 0 Å². The quantitative estimate of drug-likeness (QED) is 0.735. The van der Waals surface area contributed by atoms with E-state index in [0.29, 0.717) is 19.3 Å². The lowest BCUT2D eigenvalue weighted by Crippen LogP contribution is -2.34. The van der Waals surface area contributed by atoms with Gasteiger partial charge in [-0.25, -0.2) is 0 Å². The molecule has 0 aliphatic carbocycles. The minimum atomic E-state index is -0.0980. The first-order valence-corrected chi connectivity index (χ1v) is 5.99. The van der Waals surface area contributed by atoms with Crippen molar-refractivity contribution in [1.82, 2.24) is 5.32 Å². The second-order valence-electron chi connectivity index (χ2n) is 4.25. The van der Waals surface area contributed by atoms with Crippen molar-refractivity contribution >= 4 is 0 Å². The number of hydrogen-bond donors (Lipinski definition) is 1. The molecule has 2 unspecified atom stereocenters. The van der Waals surface area contributed by atoms with E-state index >= 15 is 0 Å². The molecule has 0 aliphatic heterocycles. The summed E-state index contributed by atoms with van der Waals surface area (Å²) < 4.78 is 5.58. The maximum atomic E-state index is 8.66. The highest BCUT2D eigenvalue weighted by molar-refractivity contribution is 5.13. The Balaban J connectivity index is 2.10. The lowest BCUT2D eigenvalue weighted by Gasteiger charge is -2.15. The van der Waals surface area contributed by atoms with E-state index in [1.165, 1.54) is 5.56 Å². The summed E-state index contributed by atoms with van der Waals surface area (Å²) in [6.07, 6.45) is 0.916. The lowest BCUT2D eigenvalue weighted by molar-refractivity contribution is 0.112. The highest BCUT2D eigenvalue weighted by atomic mass is 16.5. The summed E-state index contributed by atoms with van der Waals surface area (Å²) in [5, 5.41) is 11.8. The zero-order chi connectivity index (χ0) is 12.5. The molecule has 17 heavy (non-hydrogen) atoms. The minimum Gasteiger partial charge on any atom is -0.377 e. The van der Waals surface area contributed by atoms with E-state index in [1.807, 2.05) is 25.1 Å². The van der Waals surface area contributed by atoms with Crippen LogP contribution >= 0.6 is 0 Å². The van der Waals surface area contributed by atoms with Crippen molar-refractivity contribution in [2.75, 3.05) is 6.61 Å². The van der Waals surface area contributed by atoms with Crippen molar-refractivity contribution in [3.05, 3.63) is 35.9 Å². The second kappa shape index (κ2) is 7.83. The van der Waals surface area contributed by atoms with E-state index < -0.39 is 0 Å². The van der Waals surface area contributed by atoms with Gasteiger partial charge in [-0.2, -0.15) is 5.26 Å². The standard InChI is InChI=1S/C14H20N2O/c1-12(16-13(2)10-15)8-9-17-11-14-6-4-3-5-7-14/h3-7,12-13,16H,8-9,11H2,1-2H3. The average Bonchev–Trinajstić information content (AvgIpc) is 2.36. The number of nitrogens with zero attached hydrogens (tertiary/aromatic N) is 1. The number of hydrogen-bond acceptors (Lipinski definition) is 3. The molecule has 3 heteroatoms. The van der Waals surface area contributed by atoms with Crippen molar-refractivity contribution in [2.24, 2.45) is 0 Å². The Bertz CT molecular complexity index is 345. The molecular weight excluding hydrogens is 212 g/mol. The fraction of sp³-hybridized carbons (Fsp3) is 0.500. The molecule has 0 aliphatic rings. The largest absolute Gasteiger partial charge is 0.377 e. The van der Waals surface area contributed by atoms with Gasteiger partial charge in [-0.1, -0.05) is 30.3 Å². The first kappa shape index (κ1) is 13.7. The third kappa shape index (κ3) is 6.06. The van der Waals surface area contributed by atoms with Gasteiger partial charge < -0.3 is 4.74 Å². The molecule has 1 N–H and O–H groups in total. The monoisotopic (exact) mass is 232 g/mol. The van der Waals surface area contributed by atoms with Gasteiger partial charge >= 0.3 is 0 Å². The fourth-order valence-electron chi connectivity index (χ4n) is 1.57. The minimum absolute atomic E-state index is 0.0980. The van der Waals surface area contributed by atoms with E-state index in [1.54, 1.807) is 0 Å². The maximum Gasteiger partial charge on any atom is 0.0926 e. The summed E-state index contributed by atoms with van der Waals surface area (Å²) >= 11 is 0. The zero-order valence-corrected chi connectivity index (χ0v) is 10.5. The summed E-state index contributed by atoms with van der Waals surface area (Å²) in [7, 11) is 0. The number of nitriles is 1. The predicted octanol–water partition coefficient (Wildman–Crippen LogP) is 2.48. The summed E-state index contributed by atoms with van der Waals surface area (Å²) in [5.41, 5.74) is 1.19. The third-order valence-electron chi connectivity index (χ3n) is 2.53. The molecule has 1 rings (SSSR count). The molecule has 1 aromatic carbocycles. The van der Waals surface area contributed by atoms with E-state index in [9.17, 15) is 0 Å². The van der Waals surface area contributed by atoms with E-state index in [2.05, 4.69) is 30.4 Å². The van der Waals surface area contributed by atoms with Crippen LogP contribution < -0.4 is 5.32 Å². The Labute approximate surface area is 103 Å². The first-order chi connectivity index (χ1) is 8.22. The SMILES string of the molecule is CC(C#N)NC(C)CCOCc1ccccc1. The van der Waals surface area contributed by atoms with Gasteiger partial charge in [-0.05, 0) is 25.8 Å². The van der Waals surface area contributed by atoms with Crippen LogP contribution in [0.4, 0.5) is 0 Å². The first-order valence-electron chi connectivity index (χ1n) is 5.99. The van der Waals surface area contributed by atoms with Gasteiger partial charge in [-0.3, -0.25) is 5.32 Å². The number of ether oxygens (including phenoxy) is 1. The van der Waals surface area contributed by atoms with E-state index in [0.717, 1.165) is 6.42 Å². The van der Waals surface area contributed by atoms with Gasteiger partial charge in [0.05, 0.1) is 18.7 Å². The summed E-state index contributed by atoms with van der Waals surface area (Å²) in [6, 6.07) is 12.5. The van der Waals surface area contributed by atoms with Gasteiger partial charge in [0, 0.05) is 12.6 Å². The van der Waals surface area contributed by atoms with Gasteiger partial charge in [0.2, 0.25) is 0 Å². The predicted molar refractivity (Wildman–Crippen MR) is 68.4 cm³/mol. The molecule has 2 atom stereocenters. The molecule has 0 radical (unpaired) electrons. The zero-order valence-electron chi connectivity index (χ0n) is 10.5. The van der Waals surface area contributed by atoms with E-state index in [4.69, 9.17) is 10.00 Å². The highest BCUT2D eigenvalue weighted by Gasteiger charge is 2.05. The third-order valence-corrected chi connectivity index (χ3v) is 2.53. The summed E-state index contributed by atoms with van der Waals surface area (Å²) in [5.74, 6) is 0. The van der Waals surface area contributed by atoms with Gasteiger partial charge in [0.1, 0.15) is 0 Å². The number of nitrogens with one attached hydrogen (secondary N) is 1. The van der Waals surface area contributed by atoms with E-state index in [-0.39, 0.29) is 6.04 Å². The Morgan fingerprint density at radius 1 is 1.29 bits per heavy atom. The summed E-state index contributed by atoms with van der Waals surface area (Å²) in [6.45, 7) is 5.30. The molecule has 0 heterocycles. The molecule has 92 valence electrons. The molecule has 3 nitrogen and oxygen atoms in total. The molecule has 0 fully saturated rings. The molecule has 0 aromatic heterocycles. The van der Waals surface area contributed by atoms with Crippen molar-refractivity contribution in [3.63, 3.8) is 0 Å². The smallest absolute Gasteiger partial charge is 0.0926 e. The maximum absolute atomic E-state index is 8.66. The lowest BCUT2D eigenvalue weighted by atomic mass is 10.2. The molecule has 1 aromatic rings. The Kier molecular flexibility index (Phi) is 6.31. The fourth-order valence-corrected chi connectivity index (χ4v) is 1.57. The number of rotatable bonds is 7. The Morgan fingerprint density at radius 3 is 2.65 bits per heavy atom. The van der Waals surface area contributed by atoms with Crippen LogP contribution in [0.3, 0.4) is 0 Å². The van der Waals surface area contributed by atoms with Crippen LogP contribution in [0.1, 0.15) is 25.8 Å². The van der Waals surface area contributed by atoms with Crippen molar-refractivity contribution in [1.29, 1.82) is 5.26 Å². The normalized spacial score (nSPS) is 13.9. The van der Waals surface area contributed by atoms with Gasteiger partial charge in [-0.15, -0.1) is 0 Å². The van der Waals surface area contributed by atoms with Crippen LogP contribution in [0.25, 0.3) is 0 Å².